The lowest BCUT2D eigenvalue weighted by Crippen LogP contribution is -2.38. The van der Waals surface area contributed by atoms with Crippen LogP contribution in [0.25, 0.3) is 10.2 Å². The van der Waals surface area contributed by atoms with E-state index in [0.29, 0.717) is 23.8 Å². The van der Waals surface area contributed by atoms with Gasteiger partial charge in [0.2, 0.25) is 0 Å². The van der Waals surface area contributed by atoms with Gasteiger partial charge >= 0.3 is 5.97 Å². The van der Waals surface area contributed by atoms with Crippen LogP contribution in [0.15, 0.2) is 36.4 Å². The fourth-order valence-electron chi connectivity index (χ4n) is 3.71. The van der Waals surface area contributed by atoms with Crippen molar-refractivity contribution in [3.63, 3.8) is 0 Å². The van der Waals surface area contributed by atoms with Crippen molar-refractivity contribution >= 4 is 38.6 Å². The van der Waals surface area contributed by atoms with Crippen LogP contribution in [0, 0.1) is 13.8 Å². The molecule has 2 aromatic carbocycles. The predicted molar refractivity (Wildman–Crippen MR) is 118 cm³/mol. The summed E-state index contributed by atoms with van der Waals surface area (Å²) in [4.78, 5) is 32.4. The number of thiazole rings is 1. The van der Waals surface area contributed by atoms with Gasteiger partial charge in [-0.05, 0) is 49.9 Å². The number of nitrogens with zero attached hydrogens (tertiary/aromatic N) is 2. The van der Waals surface area contributed by atoms with Crippen molar-refractivity contribution in [2.75, 3.05) is 25.2 Å². The second-order valence-electron chi connectivity index (χ2n) is 7.46. The summed E-state index contributed by atoms with van der Waals surface area (Å²) in [6, 6.07) is 10.8. The molecule has 1 aromatic heterocycles. The highest BCUT2D eigenvalue weighted by Crippen LogP contribution is 2.34. The van der Waals surface area contributed by atoms with Crippen LogP contribution >= 0.6 is 11.3 Å². The highest BCUT2D eigenvalue weighted by Gasteiger charge is 2.29. The number of methoxy groups -OCH3 is 1. The van der Waals surface area contributed by atoms with Crippen LogP contribution < -0.4 is 4.90 Å². The van der Waals surface area contributed by atoms with Gasteiger partial charge in [0.15, 0.2) is 5.13 Å². The SMILES string of the molecule is COC(=O)c1ccccc1C(=O)N(CC1CCCO1)c1nc2c(C)ccc(C)c2s1. The zero-order valence-corrected chi connectivity index (χ0v) is 18.1. The number of amides is 1. The van der Waals surface area contributed by atoms with E-state index in [1.54, 1.807) is 29.2 Å². The lowest BCUT2D eigenvalue weighted by Gasteiger charge is -2.23. The Balaban J connectivity index is 1.79. The summed E-state index contributed by atoms with van der Waals surface area (Å²) in [6.07, 6.45) is 1.82. The number of aromatic nitrogens is 1. The molecule has 3 aromatic rings. The van der Waals surface area contributed by atoms with Crippen LogP contribution in [0.3, 0.4) is 0 Å². The van der Waals surface area contributed by atoms with Crippen molar-refractivity contribution in [2.24, 2.45) is 0 Å². The summed E-state index contributed by atoms with van der Waals surface area (Å²) >= 11 is 1.49. The molecular formula is C23H24N2O4S. The molecule has 1 saturated heterocycles. The average Bonchev–Trinajstić information content (AvgIpc) is 3.44. The van der Waals surface area contributed by atoms with E-state index in [0.717, 1.165) is 34.2 Å². The summed E-state index contributed by atoms with van der Waals surface area (Å²) in [5, 5.41) is 0.613. The van der Waals surface area contributed by atoms with Gasteiger partial charge in [-0.2, -0.15) is 0 Å². The minimum atomic E-state index is -0.535. The number of aryl methyl sites for hydroxylation is 2. The van der Waals surface area contributed by atoms with Gasteiger partial charge in [0.05, 0.1) is 41.1 Å². The molecule has 156 valence electrons. The van der Waals surface area contributed by atoms with Crippen LogP contribution in [-0.2, 0) is 9.47 Å². The molecule has 0 spiro atoms. The largest absolute Gasteiger partial charge is 0.465 e. The van der Waals surface area contributed by atoms with Gasteiger partial charge in [0.1, 0.15) is 0 Å². The number of rotatable bonds is 5. The molecule has 0 bridgehead atoms. The molecule has 1 atom stereocenters. The highest BCUT2D eigenvalue weighted by molar-refractivity contribution is 7.22. The first-order valence-electron chi connectivity index (χ1n) is 9.97. The molecule has 0 saturated carbocycles. The Morgan fingerprint density at radius 2 is 1.90 bits per heavy atom. The van der Waals surface area contributed by atoms with Crippen molar-refractivity contribution < 1.29 is 19.1 Å². The van der Waals surface area contributed by atoms with Crippen molar-refractivity contribution in [3.8, 4) is 0 Å². The minimum Gasteiger partial charge on any atom is -0.465 e. The number of anilines is 1. The molecule has 2 heterocycles. The van der Waals surface area contributed by atoms with Gasteiger partial charge < -0.3 is 9.47 Å². The number of hydrogen-bond donors (Lipinski definition) is 0. The van der Waals surface area contributed by atoms with Gasteiger partial charge in [0, 0.05) is 6.61 Å². The zero-order valence-electron chi connectivity index (χ0n) is 17.3. The number of carbonyl (C=O) groups excluding carboxylic acids is 2. The highest BCUT2D eigenvalue weighted by atomic mass is 32.1. The second kappa shape index (κ2) is 8.53. The van der Waals surface area contributed by atoms with Gasteiger partial charge in [-0.15, -0.1) is 0 Å². The number of hydrogen-bond acceptors (Lipinski definition) is 6. The third-order valence-corrected chi connectivity index (χ3v) is 6.59. The lowest BCUT2D eigenvalue weighted by molar-refractivity contribution is 0.0596. The first kappa shape index (κ1) is 20.5. The van der Waals surface area contributed by atoms with Gasteiger partial charge in [-0.1, -0.05) is 35.6 Å². The van der Waals surface area contributed by atoms with E-state index in [4.69, 9.17) is 14.5 Å². The van der Waals surface area contributed by atoms with E-state index in [1.165, 1.54) is 18.4 Å². The third kappa shape index (κ3) is 3.82. The quantitative estimate of drug-likeness (QED) is 0.563. The molecule has 7 heteroatoms. The van der Waals surface area contributed by atoms with E-state index in [9.17, 15) is 9.59 Å². The van der Waals surface area contributed by atoms with E-state index in [2.05, 4.69) is 6.07 Å². The normalized spacial score (nSPS) is 16.0. The zero-order chi connectivity index (χ0) is 21.3. The molecule has 0 radical (unpaired) electrons. The monoisotopic (exact) mass is 424 g/mol. The van der Waals surface area contributed by atoms with Crippen LogP contribution in [0.4, 0.5) is 5.13 Å². The Hall–Kier alpha value is -2.77. The third-order valence-electron chi connectivity index (χ3n) is 5.38. The fraction of sp³-hybridized carbons (Fsp3) is 0.348. The Morgan fingerprint density at radius 1 is 1.17 bits per heavy atom. The summed E-state index contributed by atoms with van der Waals surface area (Å²) in [7, 11) is 1.31. The van der Waals surface area contributed by atoms with Crippen LogP contribution in [-0.4, -0.2) is 43.2 Å². The molecule has 6 nitrogen and oxygen atoms in total. The molecule has 1 aliphatic heterocycles. The van der Waals surface area contributed by atoms with Gasteiger partial charge in [-0.25, -0.2) is 9.78 Å². The maximum atomic E-state index is 13.7. The lowest BCUT2D eigenvalue weighted by atomic mass is 10.1. The molecular weight excluding hydrogens is 400 g/mol. The number of carbonyl (C=O) groups is 2. The molecule has 4 rings (SSSR count). The Bertz CT molecular complexity index is 1060. The fourth-order valence-corrected chi connectivity index (χ4v) is 4.83. The molecule has 0 N–H and O–H groups in total. The van der Waals surface area contributed by atoms with Gasteiger partial charge in [0.25, 0.3) is 5.91 Å². The number of fused-ring (bicyclic) bond motifs is 1. The molecule has 1 aliphatic rings. The molecule has 1 amide bonds. The van der Waals surface area contributed by atoms with Gasteiger partial charge in [-0.3, -0.25) is 9.69 Å². The summed E-state index contributed by atoms with van der Waals surface area (Å²) in [6.45, 7) is 5.16. The molecule has 30 heavy (non-hydrogen) atoms. The first-order valence-corrected chi connectivity index (χ1v) is 10.8. The topological polar surface area (TPSA) is 68.7 Å². The number of esters is 1. The van der Waals surface area contributed by atoms with E-state index in [1.807, 2.05) is 19.9 Å². The van der Waals surface area contributed by atoms with Crippen LogP contribution in [0.5, 0.6) is 0 Å². The Morgan fingerprint density at radius 3 is 2.57 bits per heavy atom. The smallest absolute Gasteiger partial charge is 0.338 e. The van der Waals surface area contributed by atoms with Crippen molar-refractivity contribution in [1.82, 2.24) is 4.98 Å². The standard InChI is InChI=1S/C23H24N2O4S/c1-14-10-11-15(2)20-19(14)24-23(30-20)25(13-16-7-6-12-29-16)21(26)17-8-4-5-9-18(17)22(27)28-3/h4-5,8-11,16H,6-7,12-13H2,1-3H3. The van der Waals surface area contributed by atoms with Crippen molar-refractivity contribution in [2.45, 2.75) is 32.8 Å². The summed E-state index contributed by atoms with van der Waals surface area (Å²) in [5.41, 5.74) is 3.64. The first-order chi connectivity index (χ1) is 14.5. The predicted octanol–water partition coefficient (Wildman–Crippen LogP) is 4.53. The minimum absolute atomic E-state index is 0.0477. The summed E-state index contributed by atoms with van der Waals surface area (Å²) < 4.78 is 11.7. The maximum Gasteiger partial charge on any atom is 0.338 e. The van der Waals surface area contributed by atoms with Crippen LogP contribution in [0.1, 0.15) is 44.7 Å². The Labute approximate surface area is 179 Å². The number of benzene rings is 2. The Kier molecular flexibility index (Phi) is 5.83. The molecule has 1 fully saturated rings. The van der Waals surface area contributed by atoms with E-state index >= 15 is 0 Å². The molecule has 0 aliphatic carbocycles. The van der Waals surface area contributed by atoms with Crippen molar-refractivity contribution in [1.29, 1.82) is 0 Å². The second-order valence-corrected chi connectivity index (χ2v) is 8.44. The van der Waals surface area contributed by atoms with Crippen LogP contribution in [0.2, 0.25) is 0 Å². The number of ether oxygens (including phenoxy) is 2. The van der Waals surface area contributed by atoms with E-state index < -0.39 is 5.97 Å². The average molecular weight is 425 g/mol. The van der Waals surface area contributed by atoms with E-state index in [-0.39, 0.29) is 17.6 Å². The summed E-state index contributed by atoms with van der Waals surface area (Å²) in [5.74, 6) is -0.812. The van der Waals surface area contributed by atoms with Crippen molar-refractivity contribution in [3.05, 3.63) is 58.7 Å². The maximum absolute atomic E-state index is 13.7. The molecule has 1 unspecified atom stereocenters.